The standard InChI is InChI=1S/C22H20N2O4/c1-28-20-13-12-16(14-19(20)25)15-23-24-21(26)22(27,17-8-4-2-5-9-17)18-10-6-3-7-11-18/h2-15,25,27H,1H3,(H,24,26)/b23-15-. The number of phenols is 1. The van der Waals surface area contributed by atoms with Crippen LogP contribution in [0.25, 0.3) is 0 Å². The molecular formula is C22H20N2O4. The van der Waals surface area contributed by atoms with Crippen LogP contribution in [0.3, 0.4) is 0 Å². The van der Waals surface area contributed by atoms with Crippen LogP contribution < -0.4 is 10.2 Å². The molecule has 0 saturated carbocycles. The van der Waals surface area contributed by atoms with Crippen molar-refractivity contribution < 1.29 is 19.7 Å². The normalized spacial score (nSPS) is 11.4. The topological polar surface area (TPSA) is 91.2 Å². The molecule has 0 atom stereocenters. The third-order valence-electron chi connectivity index (χ3n) is 4.29. The number of hydrogen-bond donors (Lipinski definition) is 3. The number of phenolic OH excluding ortho intramolecular Hbond substituents is 1. The fourth-order valence-electron chi connectivity index (χ4n) is 2.82. The molecule has 28 heavy (non-hydrogen) atoms. The van der Waals surface area contributed by atoms with Gasteiger partial charge in [0.15, 0.2) is 17.1 Å². The molecule has 0 aliphatic rings. The van der Waals surface area contributed by atoms with E-state index in [0.717, 1.165) is 0 Å². The molecule has 0 bridgehead atoms. The Hall–Kier alpha value is -3.64. The van der Waals surface area contributed by atoms with Gasteiger partial charge in [-0.25, -0.2) is 5.43 Å². The Morgan fingerprint density at radius 2 is 1.57 bits per heavy atom. The van der Waals surface area contributed by atoms with Crippen molar-refractivity contribution >= 4 is 12.1 Å². The van der Waals surface area contributed by atoms with Gasteiger partial charge in [-0.2, -0.15) is 5.10 Å². The van der Waals surface area contributed by atoms with Crippen molar-refractivity contribution in [2.45, 2.75) is 5.60 Å². The van der Waals surface area contributed by atoms with Crippen LogP contribution in [0.2, 0.25) is 0 Å². The highest BCUT2D eigenvalue weighted by atomic mass is 16.5. The first-order valence-electron chi connectivity index (χ1n) is 8.59. The Kier molecular flexibility index (Phi) is 5.72. The predicted molar refractivity (Wildman–Crippen MR) is 106 cm³/mol. The number of amides is 1. The van der Waals surface area contributed by atoms with Crippen LogP contribution in [0.5, 0.6) is 11.5 Å². The number of carbonyl (C=O) groups is 1. The van der Waals surface area contributed by atoms with Crippen LogP contribution in [0, 0.1) is 0 Å². The summed E-state index contributed by atoms with van der Waals surface area (Å²) in [6.07, 6.45) is 1.37. The summed E-state index contributed by atoms with van der Waals surface area (Å²) in [5.41, 5.74) is 1.89. The van der Waals surface area contributed by atoms with Crippen LogP contribution >= 0.6 is 0 Å². The molecule has 6 nitrogen and oxygen atoms in total. The summed E-state index contributed by atoms with van der Waals surface area (Å²) in [5, 5.41) is 25.0. The first kappa shape index (κ1) is 19.1. The summed E-state index contributed by atoms with van der Waals surface area (Å²) in [5.74, 6) is -0.398. The molecule has 3 rings (SSSR count). The van der Waals surface area contributed by atoms with E-state index < -0.39 is 11.5 Å². The van der Waals surface area contributed by atoms with Crippen molar-refractivity contribution in [1.82, 2.24) is 5.43 Å². The summed E-state index contributed by atoms with van der Waals surface area (Å²) in [6.45, 7) is 0. The molecule has 3 aromatic carbocycles. The quantitative estimate of drug-likeness (QED) is 0.456. The molecule has 0 fully saturated rings. The number of ether oxygens (including phenoxy) is 1. The van der Waals surface area contributed by atoms with E-state index in [2.05, 4.69) is 10.5 Å². The Morgan fingerprint density at radius 3 is 2.07 bits per heavy atom. The van der Waals surface area contributed by atoms with Gasteiger partial charge >= 0.3 is 0 Å². The van der Waals surface area contributed by atoms with Crippen molar-refractivity contribution in [3.8, 4) is 11.5 Å². The average Bonchev–Trinajstić information content (AvgIpc) is 2.74. The maximum Gasteiger partial charge on any atom is 0.281 e. The molecule has 3 N–H and O–H groups in total. The van der Waals surface area contributed by atoms with Crippen molar-refractivity contribution in [2.24, 2.45) is 5.10 Å². The lowest BCUT2D eigenvalue weighted by Crippen LogP contribution is -2.43. The van der Waals surface area contributed by atoms with Gasteiger partial charge in [-0.15, -0.1) is 0 Å². The number of methoxy groups -OCH3 is 1. The zero-order valence-corrected chi connectivity index (χ0v) is 15.2. The summed E-state index contributed by atoms with van der Waals surface area (Å²) in [7, 11) is 1.46. The summed E-state index contributed by atoms with van der Waals surface area (Å²) in [4.78, 5) is 12.9. The van der Waals surface area contributed by atoms with E-state index >= 15 is 0 Å². The number of hydrogen-bond acceptors (Lipinski definition) is 5. The van der Waals surface area contributed by atoms with Crippen LogP contribution in [0.1, 0.15) is 16.7 Å². The Labute approximate surface area is 162 Å². The van der Waals surface area contributed by atoms with Gasteiger partial charge in [-0.3, -0.25) is 4.79 Å². The van der Waals surface area contributed by atoms with Crippen LogP contribution in [-0.2, 0) is 10.4 Å². The maximum absolute atomic E-state index is 12.9. The van der Waals surface area contributed by atoms with E-state index in [1.54, 1.807) is 72.8 Å². The Balaban J connectivity index is 1.86. The highest BCUT2D eigenvalue weighted by molar-refractivity contribution is 5.91. The molecule has 0 aliphatic heterocycles. The van der Waals surface area contributed by atoms with Gasteiger partial charge in [0.1, 0.15) is 0 Å². The molecule has 0 heterocycles. The highest BCUT2D eigenvalue weighted by Gasteiger charge is 2.39. The monoisotopic (exact) mass is 376 g/mol. The minimum Gasteiger partial charge on any atom is -0.504 e. The third-order valence-corrected chi connectivity index (χ3v) is 4.29. The van der Waals surface area contributed by atoms with Gasteiger partial charge < -0.3 is 14.9 Å². The molecule has 0 aromatic heterocycles. The second kappa shape index (κ2) is 8.37. The van der Waals surface area contributed by atoms with Gasteiger partial charge in [0.05, 0.1) is 13.3 Å². The van der Waals surface area contributed by atoms with Crippen LogP contribution in [-0.4, -0.2) is 29.4 Å². The van der Waals surface area contributed by atoms with Crippen LogP contribution in [0.15, 0.2) is 84.0 Å². The van der Waals surface area contributed by atoms with Crippen LogP contribution in [0.4, 0.5) is 0 Å². The number of nitrogens with zero attached hydrogens (tertiary/aromatic N) is 1. The fraction of sp³-hybridized carbons (Fsp3) is 0.0909. The second-order valence-electron chi connectivity index (χ2n) is 6.07. The zero-order chi connectivity index (χ0) is 20.0. The molecule has 142 valence electrons. The molecule has 6 heteroatoms. The third kappa shape index (κ3) is 3.87. The fourth-order valence-corrected chi connectivity index (χ4v) is 2.82. The summed E-state index contributed by atoms with van der Waals surface area (Å²) >= 11 is 0. The highest BCUT2D eigenvalue weighted by Crippen LogP contribution is 2.30. The minimum atomic E-state index is -1.90. The molecule has 1 amide bonds. The molecule has 0 saturated heterocycles. The lowest BCUT2D eigenvalue weighted by molar-refractivity contribution is -0.136. The smallest absolute Gasteiger partial charge is 0.281 e. The number of hydrazone groups is 1. The lowest BCUT2D eigenvalue weighted by atomic mass is 9.85. The second-order valence-corrected chi connectivity index (χ2v) is 6.07. The first-order chi connectivity index (χ1) is 13.6. The van der Waals surface area contributed by atoms with Crippen molar-refractivity contribution in [2.75, 3.05) is 7.11 Å². The van der Waals surface area contributed by atoms with Gasteiger partial charge in [-0.05, 0) is 34.9 Å². The number of nitrogens with one attached hydrogen (secondary N) is 1. The molecule has 0 spiro atoms. The molecular weight excluding hydrogens is 356 g/mol. The largest absolute Gasteiger partial charge is 0.504 e. The number of carbonyl (C=O) groups excluding carboxylic acids is 1. The van der Waals surface area contributed by atoms with Crippen molar-refractivity contribution in [3.05, 3.63) is 95.6 Å². The average molecular weight is 376 g/mol. The number of aliphatic hydroxyl groups is 1. The Morgan fingerprint density at radius 1 is 1.00 bits per heavy atom. The number of benzene rings is 3. The van der Waals surface area contributed by atoms with E-state index in [1.807, 2.05) is 0 Å². The molecule has 0 aliphatic carbocycles. The predicted octanol–water partition coefficient (Wildman–Crippen LogP) is 2.79. The summed E-state index contributed by atoms with van der Waals surface area (Å²) in [6, 6.07) is 22.0. The molecule has 0 unspecified atom stereocenters. The van der Waals surface area contributed by atoms with E-state index in [-0.39, 0.29) is 5.75 Å². The van der Waals surface area contributed by atoms with Crippen molar-refractivity contribution in [3.63, 3.8) is 0 Å². The number of rotatable bonds is 6. The SMILES string of the molecule is COc1ccc(/C=N\NC(=O)C(O)(c2ccccc2)c2ccccc2)cc1O. The van der Waals surface area contributed by atoms with Crippen molar-refractivity contribution in [1.29, 1.82) is 0 Å². The lowest BCUT2D eigenvalue weighted by Gasteiger charge is -2.27. The van der Waals surface area contributed by atoms with E-state index in [4.69, 9.17) is 4.74 Å². The first-order valence-corrected chi connectivity index (χ1v) is 8.59. The van der Waals surface area contributed by atoms with Gasteiger partial charge in [0, 0.05) is 0 Å². The van der Waals surface area contributed by atoms with E-state index in [0.29, 0.717) is 22.4 Å². The minimum absolute atomic E-state index is 0.0390. The van der Waals surface area contributed by atoms with Gasteiger partial charge in [0.25, 0.3) is 5.91 Å². The zero-order valence-electron chi connectivity index (χ0n) is 15.2. The summed E-state index contributed by atoms with van der Waals surface area (Å²) < 4.78 is 4.99. The van der Waals surface area contributed by atoms with Gasteiger partial charge in [0.2, 0.25) is 0 Å². The van der Waals surface area contributed by atoms with E-state index in [1.165, 1.54) is 19.4 Å². The molecule has 3 aromatic rings. The Bertz CT molecular complexity index is 933. The maximum atomic E-state index is 12.9. The molecule has 0 radical (unpaired) electrons. The van der Waals surface area contributed by atoms with Gasteiger partial charge in [-0.1, -0.05) is 60.7 Å². The van der Waals surface area contributed by atoms with E-state index in [9.17, 15) is 15.0 Å². The number of aromatic hydroxyl groups is 1.